The molecule has 0 radical (unpaired) electrons. The highest BCUT2D eigenvalue weighted by Crippen LogP contribution is 2.21. The SMILES string of the molecule is Nn1c(COc2ccc3ccccc3c2)nc2ccccc2c1=O. The summed E-state index contributed by atoms with van der Waals surface area (Å²) in [6, 6.07) is 21.0. The summed E-state index contributed by atoms with van der Waals surface area (Å²) >= 11 is 0. The van der Waals surface area contributed by atoms with Gasteiger partial charge in [-0.15, -0.1) is 0 Å². The Labute approximate surface area is 137 Å². The summed E-state index contributed by atoms with van der Waals surface area (Å²) in [7, 11) is 0. The zero-order valence-electron chi connectivity index (χ0n) is 12.8. The van der Waals surface area contributed by atoms with E-state index in [4.69, 9.17) is 10.6 Å². The number of nitrogen functional groups attached to an aromatic ring is 1. The summed E-state index contributed by atoms with van der Waals surface area (Å²) in [5.41, 5.74) is 0.332. The summed E-state index contributed by atoms with van der Waals surface area (Å²) < 4.78 is 6.83. The number of nitrogens with zero attached hydrogens (tertiary/aromatic N) is 2. The molecule has 0 aliphatic carbocycles. The smallest absolute Gasteiger partial charge is 0.279 e. The van der Waals surface area contributed by atoms with Crippen molar-refractivity contribution in [2.75, 3.05) is 5.84 Å². The molecule has 0 unspecified atom stereocenters. The van der Waals surface area contributed by atoms with Crippen LogP contribution in [0, 0.1) is 0 Å². The number of fused-ring (bicyclic) bond motifs is 2. The van der Waals surface area contributed by atoms with Gasteiger partial charge in [-0.25, -0.2) is 9.66 Å². The zero-order valence-corrected chi connectivity index (χ0v) is 12.8. The quantitative estimate of drug-likeness (QED) is 0.590. The van der Waals surface area contributed by atoms with Gasteiger partial charge in [-0.05, 0) is 35.0 Å². The molecule has 0 atom stereocenters. The van der Waals surface area contributed by atoms with Crippen molar-refractivity contribution in [2.45, 2.75) is 6.61 Å². The molecular weight excluding hydrogens is 302 g/mol. The fourth-order valence-corrected chi connectivity index (χ4v) is 2.70. The molecule has 0 aliphatic rings. The molecule has 0 fully saturated rings. The Balaban J connectivity index is 1.66. The van der Waals surface area contributed by atoms with E-state index in [-0.39, 0.29) is 12.2 Å². The van der Waals surface area contributed by atoms with Gasteiger partial charge in [-0.3, -0.25) is 4.79 Å². The van der Waals surface area contributed by atoms with E-state index in [9.17, 15) is 4.79 Å². The first kappa shape index (κ1) is 14.3. The van der Waals surface area contributed by atoms with Gasteiger partial charge in [0, 0.05) is 0 Å². The van der Waals surface area contributed by atoms with Crippen molar-refractivity contribution in [1.82, 2.24) is 9.66 Å². The number of hydrogen-bond acceptors (Lipinski definition) is 4. The Morgan fingerprint density at radius 2 is 1.71 bits per heavy atom. The van der Waals surface area contributed by atoms with E-state index in [1.807, 2.05) is 48.5 Å². The summed E-state index contributed by atoms with van der Waals surface area (Å²) in [5.74, 6) is 6.95. The second-order valence-electron chi connectivity index (χ2n) is 5.52. The summed E-state index contributed by atoms with van der Waals surface area (Å²) in [6.45, 7) is 0.120. The first-order chi connectivity index (χ1) is 11.7. The molecule has 0 aliphatic heterocycles. The summed E-state index contributed by atoms with van der Waals surface area (Å²) in [4.78, 5) is 16.7. The third-order valence-corrected chi connectivity index (χ3v) is 3.97. The van der Waals surface area contributed by atoms with Gasteiger partial charge in [-0.1, -0.05) is 42.5 Å². The molecule has 0 amide bonds. The van der Waals surface area contributed by atoms with Gasteiger partial charge >= 0.3 is 0 Å². The molecule has 24 heavy (non-hydrogen) atoms. The van der Waals surface area contributed by atoms with E-state index in [2.05, 4.69) is 4.98 Å². The zero-order chi connectivity index (χ0) is 16.5. The van der Waals surface area contributed by atoms with Gasteiger partial charge in [0.25, 0.3) is 5.56 Å². The normalized spacial score (nSPS) is 11.0. The number of para-hydroxylation sites is 1. The van der Waals surface area contributed by atoms with Gasteiger partial charge in [0.05, 0.1) is 10.9 Å². The van der Waals surface area contributed by atoms with Crippen molar-refractivity contribution in [3.05, 3.63) is 82.9 Å². The molecular formula is C19H15N3O2. The minimum Gasteiger partial charge on any atom is -0.486 e. The average Bonchev–Trinajstić information content (AvgIpc) is 2.63. The van der Waals surface area contributed by atoms with Crippen molar-refractivity contribution in [2.24, 2.45) is 0 Å². The predicted octanol–water partition coefficient (Wildman–Crippen LogP) is 2.84. The van der Waals surface area contributed by atoms with Crippen LogP contribution in [0.2, 0.25) is 0 Å². The van der Waals surface area contributed by atoms with Crippen LogP contribution in [0.25, 0.3) is 21.7 Å². The minimum atomic E-state index is -0.280. The van der Waals surface area contributed by atoms with Crippen LogP contribution in [0.1, 0.15) is 5.82 Å². The van der Waals surface area contributed by atoms with Crippen LogP contribution in [0.15, 0.2) is 71.5 Å². The molecule has 0 saturated heterocycles. The highest BCUT2D eigenvalue weighted by atomic mass is 16.5. The number of hydrogen-bond donors (Lipinski definition) is 1. The Morgan fingerprint density at radius 1 is 0.958 bits per heavy atom. The van der Waals surface area contributed by atoms with E-state index < -0.39 is 0 Å². The first-order valence-electron chi connectivity index (χ1n) is 7.60. The average molecular weight is 317 g/mol. The number of ether oxygens (including phenoxy) is 1. The van der Waals surface area contributed by atoms with E-state index in [1.165, 1.54) is 0 Å². The van der Waals surface area contributed by atoms with Gasteiger partial charge in [-0.2, -0.15) is 0 Å². The molecule has 5 heteroatoms. The molecule has 3 aromatic carbocycles. The van der Waals surface area contributed by atoms with E-state index in [0.717, 1.165) is 15.4 Å². The first-order valence-corrected chi connectivity index (χ1v) is 7.60. The molecule has 1 aromatic heterocycles. The van der Waals surface area contributed by atoms with Crippen molar-refractivity contribution in [3.8, 4) is 5.75 Å². The maximum absolute atomic E-state index is 12.3. The maximum atomic E-state index is 12.3. The molecule has 0 bridgehead atoms. The van der Waals surface area contributed by atoms with Gasteiger partial charge in [0.1, 0.15) is 12.4 Å². The Kier molecular flexibility index (Phi) is 3.39. The number of nitrogens with two attached hydrogens (primary N) is 1. The van der Waals surface area contributed by atoms with Gasteiger partial charge < -0.3 is 10.6 Å². The minimum absolute atomic E-state index is 0.120. The highest BCUT2D eigenvalue weighted by molar-refractivity contribution is 5.83. The molecule has 4 rings (SSSR count). The molecule has 1 heterocycles. The molecule has 2 N–H and O–H groups in total. The molecule has 118 valence electrons. The van der Waals surface area contributed by atoms with E-state index in [0.29, 0.717) is 22.5 Å². The fourth-order valence-electron chi connectivity index (χ4n) is 2.70. The van der Waals surface area contributed by atoms with Crippen LogP contribution >= 0.6 is 0 Å². The van der Waals surface area contributed by atoms with Crippen molar-refractivity contribution < 1.29 is 4.74 Å². The van der Waals surface area contributed by atoms with E-state index >= 15 is 0 Å². The van der Waals surface area contributed by atoms with Crippen molar-refractivity contribution in [1.29, 1.82) is 0 Å². The van der Waals surface area contributed by atoms with Crippen LogP contribution in [-0.2, 0) is 6.61 Å². The van der Waals surface area contributed by atoms with Crippen LogP contribution in [0.3, 0.4) is 0 Å². The standard InChI is InChI=1S/C19H15N3O2/c20-22-18(21-17-8-4-3-7-16(17)19(22)23)12-24-15-10-9-13-5-1-2-6-14(13)11-15/h1-11H,12,20H2. The van der Waals surface area contributed by atoms with Crippen molar-refractivity contribution >= 4 is 21.7 Å². The predicted molar refractivity (Wildman–Crippen MR) is 94.4 cm³/mol. The second-order valence-corrected chi connectivity index (χ2v) is 5.52. The Morgan fingerprint density at radius 3 is 2.58 bits per heavy atom. The van der Waals surface area contributed by atoms with Crippen LogP contribution in [-0.4, -0.2) is 9.66 Å². The Bertz CT molecular complexity index is 1100. The lowest BCUT2D eigenvalue weighted by Gasteiger charge is -2.11. The molecule has 0 saturated carbocycles. The van der Waals surface area contributed by atoms with Crippen molar-refractivity contribution in [3.63, 3.8) is 0 Å². The lowest BCUT2D eigenvalue weighted by atomic mass is 10.1. The largest absolute Gasteiger partial charge is 0.486 e. The number of benzene rings is 3. The maximum Gasteiger partial charge on any atom is 0.279 e. The monoisotopic (exact) mass is 317 g/mol. The fraction of sp³-hybridized carbons (Fsp3) is 0.0526. The van der Waals surface area contributed by atoms with Crippen LogP contribution < -0.4 is 16.1 Å². The lowest BCUT2D eigenvalue weighted by molar-refractivity contribution is 0.291. The number of rotatable bonds is 3. The third-order valence-electron chi connectivity index (χ3n) is 3.97. The second kappa shape index (κ2) is 5.70. The topological polar surface area (TPSA) is 70.1 Å². The van der Waals surface area contributed by atoms with E-state index in [1.54, 1.807) is 18.2 Å². The van der Waals surface area contributed by atoms with Gasteiger partial charge in [0.15, 0.2) is 5.82 Å². The number of aromatic nitrogens is 2. The third kappa shape index (κ3) is 2.46. The Hall–Kier alpha value is -3.34. The summed E-state index contributed by atoms with van der Waals surface area (Å²) in [5, 5.41) is 2.73. The molecule has 4 aromatic rings. The molecule has 0 spiro atoms. The van der Waals surface area contributed by atoms with Crippen LogP contribution in [0.4, 0.5) is 0 Å². The van der Waals surface area contributed by atoms with Gasteiger partial charge in [0.2, 0.25) is 0 Å². The highest BCUT2D eigenvalue weighted by Gasteiger charge is 2.09. The lowest BCUT2D eigenvalue weighted by Crippen LogP contribution is -2.32. The molecule has 5 nitrogen and oxygen atoms in total. The summed E-state index contributed by atoms with van der Waals surface area (Å²) in [6.07, 6.45) is 0. The van der Waals surface area contributed by atoms with Crippen LogP contribution in [0.5, 0.6) is 5.75 Å².